The van der Waals surface area contributed by atoms with Crippen LogP contribution in [0.25, 0.3) is 0 Å². The highest BCUT2D eigenvalue weighted by Crippen LogP contribution is 2.07. The Bertz CT molecular complexity index is 89.6. The zero-order valence-electron chi connectivity index (χ0n) is 6.38. The Kier molecular flexibility index (Phi) is 3.12. The molecular weight excluding hydrogens is 130 g/mol. The molecule has 2 atom stereocenters. The minimum Gasteiger partial charge on any atom is -0.379 e. The fourth-order valence-electron chi connectivity index (χ4n) is 0.932. The van der Waals surface area contributed by atoms with Crippen molar-refractivity contribution in [2.45, 2.75) is 25.5 Å². The first-order chi connectivity index (χ1) is 4.79. The van der Waals surface area contributed by atoms with Crippen molar-refractivity contribution in [3.05, 3.63) is 0 Å². The van der Waals surface area contributed by atoms with Crippen LogP contribution in [0, 0.1) is 0 Å². The van der Waals surface area contributed by atoms with Gasteiger partial charge in [0.1, 0.15) is 0 Å². The van der Waals surface area contributed by atoms with E-state index in [0.717, 1.165) is 19.6 Å². The maximum absolute atomic E-state index is 5.50. The lowest BCUT2D eigenvalue weighted by Crippen LogP contribution is -2.26. The summed E-state index contributed by atoms with van der Waals surface area (Å²) in [5.41, 5.74) is 5.50. The largest absolute Gasteiger partial charge is 0.379 e. The van der Waals surface area contributed by atoms with E-state index < -0.39 is 0 Å². The molecule has 0 aromatic carbocycles. The molecule has 0 bridgehead atoms. The Balaban J connectivity index is 2.01. The van der Waals surface area contributed by atoms with Crippen LogP contribution in [0.15, 0.2) is 0 Å². The maximum atomic E-state index is 5.50. The van der Waals surface area contributed by atoms with Crippen LogP contribution >= 0.6 is 0 Å². The Morgan fingerprint density at radius 1 is 1.80 bits per heavy atom. The lowest BCUT2D eigenvalue weighted by atomic mass is 10.3. The second-order valence-corrected chi connectivity index (χ2v) is 2.80. The molecule has 10 heavy (non-hydrogen) atoms. The van der Waals surface area contributed by atoms with Crippen LogP contribution in [-0.2, 0) is 9.47 Å². The van der Waals surface area contributed by atoms with E-state index in [1.165, 1.54) is 0 Å². The molecule has 3 heteroatoms. The number of ether oxygens (including phenoxy) is 2. The van der Waals surface area contributed by atoms with Gasteiger partial charge >= 0.3 is 0 Å². The third-order valence-electron chi connectivity index (χ3n) is 1.48. The van der Waals surface area contributed by atoms with E-state index in [-0.39, 0.29) is 6.04 Å². The molecule has 1 fully saturated rings. The number of hydrogen-bond acceptors (Lipinski definition) is 3. The van der Waals surface area contributed by atoms with E-state index in [1.54, 1.807) is 0 Å². The predicted octanol–water partition coefficient (Wildman–Crippen LogP) is 0.139. The quantitative estimate of drug-likeness (QED) is 0.614. The van der Waals surface area contributed by atoms with Crippen LogP contribution < -0.4 is 5.73 Å². The van der Waals surface area contributed by atoms with Crippen molar-refractivity contribution in [2.24, 2.45) is 5.73 Å². The van der Waals surface area contributed by atoms with Gasteiger partial charge in [0.05, 0.1) is 19.3 Å². The van der Waals surface area contributed by atoms with Gasteiger partial charge in [-0.3, -0.25) is 0 Å². The molecule has 0 saturated carbocycles. The second-order valence-electron chi connectivity index (χ2n) is 2.80. The van der Waals surface area contributed by atoms with Crippen molar-refractivity contribution in [3.63, 3.8) is 0 Å². The number of nitrogens with two attached hydrogens (primary N) is 1. The molecule has 1 rings (SSSR count). The van der Waals surface area contributed by atoms with Gasteiger partial charge in [0, 0.05) is 12.6 Å². The van der Waals surface area contributed by atoms with Gasteiger partial charge in [0.15, 0.2) is 0 Å². The Morgan fingerprint density at radius 2 is 2.60 bits per heavy atom. The molecule has 3 nitrogen and oxygen atoms in total. The summed E-state index contributed by atoms with van der Waals surface area (Å²) in [5, 5.41) is 0. The van der Waals surface area contributed by atoms with Gasteiger partial charge in [-0.15, -0.1) is 0 Å². The highest BCUT2D eigenvalue weighted by molar-refractivity contribution is 4.64. The molecule has 0 aliphatic carbocycles. The first-order valence-electron chi connectivity index (χ1n) is 3.74. The summed E-state index contributed by atoms with van der Waals surface area (Å²) in [4.78, 5) is 0. The summed E-state index contributed by atoms with van der Waals surface area (Å²) < 4.78 is 10.5. The molecular formula is C7H15NO2. The maximum Gasteiger partial charge on any atom is 0.0831 e. The smallest absolute Gasteiger partial charge is 0.0831 e. The SMILES string of the molecule is C[C@@H](N)CO[C@@H]1CCOC1. The first kappa shape index (κ1) is 7.98. The molecule has 0 radical (unpaired) electrons. The minimum atomic E-state index is 0.139. The Labute approximate surface area is 61.5 Å². The topological polar surface area (TPSA) is 44.5 Å². The fraction of sp³-hybridized carbons (Fsp3) is 1.00. The summed E-state index contributed by atoms with van der Waals surface area (Å²) in [6, 6.07) is 0.139. The fourth-order valence-corrected chi connectivity index (χ4v) is 0.932. The van der Waals surface area contributed by atoms with Crippen molar-refractivity contribution < 1.29 is 9.47 Å². The average Bonchev–Trinajstić information content (AvgIpc) is 2.34. The molecule has 0 spiro atoms. The van der Waals surface area contributed by atoms with Crippen LogP contribution in [0.5, 0.6) is 0 Å². The molecule has 1 aliphatic heterocycles. The normalized spacial score (nSPS) is 28.8. The van der Waals surface area contributed by atoms with Gasteiger partial charge in [-0.1, -0.05) is 0 Å². The standard InChI is InChI=1S/C7H15NO2/c1-6(8)4-10-7-2-3-9-5-7/h6-7H,2-5,8H2,1H3/t6-,7-/m1/s1. The highest BCUT2D eigenvalue weighted by Gasteiger charge is 2.15. The summed E-state index contributed by atoms with van der Waals surface area (Å²) in [6.07, 6.45) is 1.32. The third-order valence-corrected chi connectivity index (χ3v) is 1.48. The van der Waals surface area contributed by atoms with E-state index >= 15 is 0 Å². The van der Waals surface area contributed by atoms with Crippen molar-refractivity contribution >= 4 is 0 Å². The van der Waals surface area contributed by atoms with E-state index in [1.807, 2.05) is 6.92 Å². The first-order valence-corrected chi connectivity index (χ1v) is 3.74. The van der Waals surface area contributed by atoms with Gasteiger partial charge in [-0.05, 0) is 13.3 Å². The molecule has 1 saturated heterocycles. The Morgan fingerprint density at radius 3 is 3.10 bits per heavy atom. The summed E-state index contributed by atoms with van der Waals surface area (Å²) in [5.74, 6) is 0. The molecule has 2 N–H and O–H groups in total. The molecule has 60 valence electrons. The second kappa shape index (κ2) is 3.91. The van der Waals surface area contributed by atoms with Crippen molar-refractivity contribution in [3.8, 4) is 0 Å². The average molecular weight is 145 g/mol. The lowest BCUT2D eigenvalue weighted by molar-refractivity contribution is 0.0373. The van der Waals surface area contributed by atoms with E-state index in [0.29, 0.717) is 12.7 Å². The van der Waals surface area contributed by atoms with Crippen molar-refractivity contribution in [1.29, 1.82) is 0 Å². The minimum absolute atomic E-state index is 0.139. The molecule has 0 aromatic rings. The highest BCUT2D eigenvalue weighted by atomic mass is 16.5. The van der Waals surface area contributed by atoms with Gasteiger partial charge in [0.25, 0.3) is 0 Å². The molecule has 1 heterocycles. The van der Waals surface area contributed by atoms with E-state index in [9.17, 15) is 0 Å². The van der Waals surface area contributed by atoms with Crippen LogP contribution in [0.3, 0.4) is 0 Å². The monoisotopic (exact) mass is 145 g/mol. The predicted molar refractivity (Wildman–Crippen MR) is 38.8 cm³/mol. The van der Waals surface area contributed by atoms with Crippen molar-refractivity contribution in [1.82, 2.24) is 0 Å². The Hall–Kier alpha value is -0.120. The van der Waals surface area contributed by atoms with Gasteiger partial charge < -0.3 is 15.2 Å². The molecule has 0 unspecified atom stereocenters. The summed E-state index contributed by atoms with van der Waals surface area (Å²) >= 11 is 0. The van der Waals surface area contributed by atoms with Gasteiger partial charge in [-0.2, -0.15) is 0 Å². The van der Waals surface area contributed by atoms with E-state index in [2.05, 4.69) is 0 Å². The van der Waals surface area contributed by atoms with Crippen LogP contribution in [0.1, 0.15) is 13.3 Å². The van der Waals surface area contributed by atoms with E-state index in [4.69, 9.17) is 15.2 Å². The number of hydrogen-bond donors (Lipinski definition) is 1. The van der Waals surface area contributed by atoms with Gasteiger partial charge in [-0.25, -0.2) is 0 Å². The summed E-state index contributed by atoms with van der Waals surface area (Å²) in [6.45, 7) is 4.17. The third kappa shape index (κ3) is 2.64. The lowest BCUT2D eigenvalue weighted by Gasteiger charge is -2.11. The molecule has 0 amide bonds. The van der Waals surface area contributed by atoms with Crippen LogP contribution in [0.2, 0.25) is 0 Å². The molecule has 0 aromatic heterocycles. The van der Waals surface area contributed by atoms with Crippen LogP contribution in [0.4, 0.5) is 0 Å². The van der Waals surface area contributed by atoms with Gasteiger partial charge in [0.2, 0.25) is 0 Å². The molecule has 1 aliphatic rings. The van der Waals surface area contributed by atoms with Crippen molar-refractivity contribution in [2.75, 3.05) is 19.8 Å². The van der Waals surface area contributed by atoms with Crippen LogP contribution in [-0.4, -0.2) is 32.0 Å². The zero-order chi connectivity index (χ0) is 7.40. The zero-order valence-corrected chi connectivity index (χ0v) is 6.38. The summed E-state index contributed by atoms with van der Waals surface area (Å²) in [7, 11) is 0. The number of rotatable bonds is 3.